The Bertz CT molecular complexity index is 334. The van der Waals surface area contributed by atoms with Crippen LogP contribution in [0, 0.1) is 5.92 Å². The number of likely N-dealkylation sites (tertiary alicyclic amines) is 1. The summed E-state index contributed by atoms with van der Waals surface area (Å²) in [6.45, 7) is 3.68. The molecule has 2 rings (SSSR count). The number of benzene rings is 1. The molecule has 0 aliphatic carbocycles. The van der Waals surface area contributed by atoms with E-state index in [9.17, 15) is 4.79 Å². The highest BCUT2D eigenvalue weighted by atomic mass is 16.2. The van der Waals surface area contributed by atoms with Crippen molar-refractivity contribution in [1.29, 1.82) is 0 Å². The van der Waals surface area contributed by atoms with E-state index >= 15 is 0 Å². The monoisotopic (exact) mass is 202 g/mol. The fourth-order valence-corrected chi connectivity index (χ4v) is 1.90. The van der Waals surface area contributed by atoms with Gasteiger partial charge >= 0.3 is 0 Å². The van der Waals surface area contributed by atoms with Crippen LogP contribution >= 0.6 is 0 Å². The van der Waals surface area contributed by atoms with Gasteiger partial charge in [0.25, 0.3) is 0 Å². The van der Waals surface area contributed by atoms with Crippen molar-refractivity contribution in [2.45, 2.75) is 19.8 Å². The third kappa shape index (κ3) is 2.38. The molecule has 0 aromatic heterocycles. The van der Waals surface area contributed by atoms with Crippen LogP contribution in [0.25, 0.3) is 0 Å². The number of rotatable bonds is 3. The summed E-state index contributed by atoms with van der Waals surface area (Å²) in [5.41, 5.74) is 1.30. The number of hydrogen-bond donors (Lipinski definition) is 0. The lowest BCUT2D eigenvalue weighted by molar-refractivity contribution is -0.126. The molecule has 2 heteroatoms. The van der Waals surface area contributed by atoms with E-state index in [4.69, 9.17) is 0 Å². The van der Waals surface area contributed by atoms with Crippen molar-refractivity contribution in [3.8, 4) is 0 Å². The summed E-state index contributed by atoms with van der Waals surface area (Å²) in [6.07, 6.45) is 1.90. The molecule has 15 heavy (non-hydrogen) atoms. The van der Waals surface area contributed by atoms with E-state index in [0.717, 1.165) is 31.8 Å². The van der Waals surface area contributed by atoms with Crippen LogP contribution in [0.15, 0.2) is 30.3 Å². The number of hydrogen-bond acceptors (Lipinski definition) is 1. The van der Waals surface area contributed by atoms with Crippen LogP contribution in [0.5, 0.6) is 0 Å². The Labute approximate surface area is 90.9 Å². The van der Waals surface area contributed by atoms with Gasteiger partial charge in [-0.1, -0.05) is 30.3 Å². The van der Waals surface area contributed by atoms with Crippen molar-refractivity contribution in [1.82, 2.24) is 4.90 Å². The fourth-order valence-electron chi connectivity index (χ4n) is 1.90. The van der Waals surface area contributed by atoms with Crippen molar-refractivity contribution in [2.24, 2.45) is 0 Å². The first-order valence-corrected chi connectivity index (χ1v) is 5.43. The Kier molecular flexibility index (Phi) is 3.05. The number of carbonyl (C=O) groups is 1. The molecular weight excluding hydrogens is 186 g/mol. The summed E-state index contributed by atoms with van der Waals surface area (Å²) in [5, 5.41) is 0. The van der Waals surface area contributed by atoms with Crippen LogP contribution in [0.2, 0.25) is 0 Å². The van der Waals surface area contributed by atoms with E-state index in [-0.39, 0.29) is 5.91 Å². The third-order valence-electron chi connectivity index (χ3n) is 2.92. The minimum Gasteiger partial charge on any atom is -0.342 e. The van der Waals surface area contributed by atoms with Crippen molar-refractivity contribution >= 4 is 5.91 Å². The second kappa shape index (κ2) is 4.47. The van der Waals surface area contributed by atoms with E-state index in [1.54, 1.807) is 0 Å². The zero-order valence-corrected chi connectivity index (χ0v) is 9.07. The zero-order valence-electron chi connectivity index (χ0n) is 9.07. The molecule has 1 saturated heterocycles. The Morgan fingerprint density at radius 1 is 1.27 bits per heavy atom. The first kappa shape index (κ1) is 10.2. The maximum absolute atomic E-state index is 11.6. The summed E-state index contributed by atoms with van der Waals surface area (Å²) in [7, 11) is 0. The number of nitrogens with zero attached hydrogens (tertiary/aromatic N) is 1. The average Bonchev–Trinajstić information content (AvgIpc) is 2.59. The van der Waals surface area contributed by atoms with Gasteiger partial charge in [0.15, 0.2) is 0 Å². The predicted molar refractivity (Wildman–Crippen MR) is 60.3 cm³/mol. The van der Waals surface area contributed by atoms with Crippen molar-refractivity contribution in [3.05, 3.63) is 41.8 Å². The molecule has 1 aromatic rings. The molecule has 0 spiro atoms. The Morgan fingerprint density at radius 3 is 2.60 bits per heavy atom. The number of carbonyl (C=O) groups excluding carboxylic acids is 1. The zero-order chi connectivity index (χ0) is 10.7. The molecule has 1 radical (unpaired) electrons. The van der Waals surface area contributed by atoms with Gasteiger partial charge in [0.2, 0.25) is 5.91 Å². The molecule has 1 aliphatic rings. The highest BCUT2D eigenvalue weighted by Crippen LogP contribution is 2.19. The summed E-state index contributed by atoms with van der Waals surface area (Å²) in [5.74, 6) is 1.24. The van der Waals surface area contributed by atoms with Gasteiger partial charge < -0.3 is 4.90 Å². The summed E-state index contributed by atoms with van der Waals surface area (Å²) < 4.78 is 0. The standard InChI is InChI=1S/C13H16NO/c1-11-7-9-14(13(11)15)10-8-12-5-3-2-4-6-12/h2-6H,7-10H2,1H3. The van der Waals surface area contributed by atoms with E-state index < -0.39 is 0 Å². The van der Waals surface area contributed by atoms with E-state index in [1.165, 1.54) is 5.56 Å². The van der Waals surface area contributed by atoms with Gasteiger partial charge in [0.05, 0.1) is 5.92 Å². The van der Waals surface area contributed by atoms with Crippen molar-refractivity contribution in [3.63, 3.8) is 0 Å². The van der Waals surface area contributed by atoms with Crippen LogP contribution in [0.3, 0.4) is 0 Å². The van der Waals surface area contributed by atoms with Crippen LogP contribution in [-0.2, 0) is 11.2 Å². The molecule has 1 aliphatic heterocycles. The fraction of sp³-hybridized carbons (Fsp3) is 0.385. The molecule has 0 unspecified atom stereocenters. The Hall–Kier alpha value is -1.31. The van der Waals surface area contributed by atoms with Crippen LogP contribution < -0.4 is 0 Å². The van der Waals surface area contributed by atoms with Crippen LogP contribution in [0.1, 0.15) is 18.9 Å². The second-order valence-corrected chi connectivity index (χ2v) is 4.06. The highest BCUT2D eigenvalue weighted by Gasteiger charge is 2.27. The van der Waals surface area contributed by atoms with Crippen molar-refractivity contribution in [2.75, 3.05) is 13.1 Å². The normalized spacial score (nSPS) is 17.4. The second-order valence-electron chi connectivity index (χ2n) is 4.06. The Morgan fingerprint density at radius 2 is 2.00 bits per heavy atom. The lowest BCUT2D eigenvalue weighted by atomic mass is 10.1. The molecule has 1 aromatic carbocycles. The predicted octanol–water partition coefficient (Wildman–Crippen LogP) is 2.06. The topological polar surface area (TPSA) is 20.3 Å². The molecule has 1 amide bonds. The van der Waals surface area contributed by atoms with Crippen LogP contribution in [-0.4, -0.2) is 23.9 Å². The third-order valence-corrected chi connectivity index (χ3v) is 2.92. The molecule has 2 nitrogen and oxygen atoms in total. The van der Waals surface area contributed by atoms with E-state index in [1.807, 2.05) is 30.0 Å². The molecule has 1 heterocycles. The van der Waals surface area contributed by atoms with Gasteiger partial charge in [-0.3, -0.25) is 4.79 Å². The summed E-state index contributed by atoms with van der Waals surface area (Å²) in [6, 6.07) is 10.3. The van der Waals surface area contributed by atoms with Gasteiger partial charge in [0, 0.05) is 13.1 Å². The summed E-state index contributed by atoms with van der Waals surface area (Å²) >= 11 is 0. The van der Waals surface area contributed by atoms with Gasteiger partial charge in [-0.05, 0) is 25.3 Å². The van der Waals surface area contributed by atoms with Gasteiger partial charge in [-0.25, -0.2) is 0 Å². The minimum atomic E-state index is 0.242. The molecule has 1 fully saturated rings. The SMILES string of the molecule is C[C]1CCN(CCc2ccccc2)C1=O. The quantitative estimate of drug-likeness (QED) is 0.734. The van der Waals surface area contributed by atoms with Gasteiger partial charge in [-0.2, -0.15) is 0 Å². The van der Waals surface area contributed by atoms with E-state index in [0.29, 0.717) is 0 Å². The largest absolute Gasteiger partial charge is 0.342 e. The number of amides is 1. The average molecular weight is 202 g/mol. The summed E-state index contributed by atoms with van der Waals surface area (Å²) in [4.78, 5) is 13.6. The Balaban J connectivity index is 1.87. The first-order valence-electron chi connectivity index (χ1n) is 5.43. The molecular formula is C13H16NO. The molecule has 0 bridgehead atoms. The molecule has 0 atom stereocenters. The minimum absolute atomic E-state index is 0.242. The maximum Gasteiger partial charge on any atom is 0.229 e. The first-order chi connectivity index (χ1) is 7.27. The van der Waals surface area contributed by atoms with E-state index in [2.05, 4.69) is 12.1 Å². The van der Waals surface area contributed by atoms with Gasteiger partial charge in [-0.15, -0.1) is 0 Å². The lowest BCUT2D eigenvalue weighted by Crippen LogP contribution is -2.28. The molecule has 79 valence electrons. The molecule has 0 N–H and O–H groups in total. The molecule has 0 saturated carbocycles. The lowest BCUT2D eigenvalue weighted by Gasteiger charge is -2.15. The smallest absolute Gasteiger partial charge is 0.229 e. The highest BCUT2D eigenvalue weighted by molar-refractivity contribution is 5.91. The van der Waals surface area contributed by atoms with Crippen LogP contribution in [0.4, 0.5) is 0 Å². The maximum atomic E-state index is 11.6. The van der Waals surface area contributed by atoms with Crippen molar-refractivity contribution < 1.29 is 4.79 Å². The van der Waals surface area contributed by atoms with Gasteiger partial charge in [0.1, 0.15) is 0 Å².